The zero-order chi connectivity index (χ0) is 13.6. The van der Waals surface area contributed by atoms with Gasteiger partial charge in [0.05, 0.1) is 35.1 Å². The van der Waals surface area contributed by atoms with Gasteiger partial charge in [-0.25, -0.2) is 0 Å². The molecule has 1 aromatic carbocycles. The molecule has 2 aromatic heterocycles. The van der Waals surface area contributed by atoms with Crippen molar-refractivity contribution < 1.29 is 0 Å². The molecule has 0 saturated heterocycles. The number of para-hydroxylation sites is 2. The van der Waals surface area contributed by atoms with Gasteiger partial charge in [0.1, 0.15) is 0 Å². The predicted molar refractivity (Wildman–Crippen MR) is 81.5 cm³/mol. The lowest BCUT2D eigenvalue weighted by molar-refractivity contribution is 1.31. The minimum Gasteiger partial charge on any atom is -0.353 e. The minimum absolute atomic E-state index is 0.952. The van der Waals surface area contributed by atoms with Crippen molar-refractivity contribution in [2.24, 2.45) is 0 Å². The third kappa shape index (κ3) is 2.92. The Bertz CT molecular complexity index is 608. The molecule has 0 aliphatic carbocycles. The van der Waals surface area contributed by atoms with Crippen molar-refractivity contribution in [3.8, 4) is 0 Å². The van der Waals surface area contributed by atoms with Crippen LogP contribution in [-0.2, 0) is 0 Å². The second-order valence-corrected chi connectivity index (χ2v) is 4.28. The average Bonchev–Trinajstić information content (AvgIpc) is 2.51. The Balaban J connectivity index is 1.85. The molecule has 2 heterocycles. The van der Waals surface area contributed by atoms with E-state index in [1.807, 2.05) is 48.5 Å². The molecule has 0 amide bonds. The van der Waals surface area contributed by atoms with E-state index in [0.717, 1.165) is 22.7 Å². The second-order valence-electron chi connectivity index (χ2n) is 4.28. The van der Waals surface area contributed by atoms with E-state index in [9.17, 15) is 0 Å². The average molecular weight is 262 g/mol. The Kier molecular flexibility index (Phi) is 3.55. The molecule has 0 fully saturated rings. The highest BCUT2D eigenvalue weighted by atomic mass is 15.0. The molecule has 0 bridgehead atoms. The summed E-state index contributed by atoms with van der Waals surface area (Å²) >= 11 is 0. The lowest BCUT2D eigenvalue weighted by Crippen LogP contribution is -1.97. The van der Waals surface area contributed by atoms with Crippen LogP contribution < -0.4 is 10.6 Å². The molecule has 0 atom stereocenters. The molecule has 0 aliphatic heterocycles. The number of nitrogens with one attached hydrogen (secondary N) is 2. The van der Waals surface area contributed by atoms with E-state index in [2.05, 4.69) is 20.6 Å². The Morgan fingerprint density at radius 3 is 1.50 bits per heavy atom. The van der Waals surface area contributed by atoms with Crippen molar-refractivity contribution in [1.29, 1.82) is 0 Å². The summed E-state index contributed by atoms with van der Waals surface area (Å²) in [5, 5.41) is 6.69. The first-order valence-electron chi connectivity index (χ1n) is 6.35. The number of anilines is 4. The summed E-state index contributed by atoms with van der Waals surface area (Å²) < 4.78 is 0. The van der Waals surface area contributed by atoms with Crippen molar-refractivity contribution in [3.05, 3.63) is 73.3 Å². The summed E-state index contributed by atoms with van der Waals surface area (Å²) in [6, 6.07) is 15.8. The summed E-state index contributed by atoms with van der Waals surface area (Å²) in [6.07, 6.45) is 7.09. The highest BCUT2D eigenvalue weighted by Gasteiger charge is 2.02. The number of hydrogen-bond donors (Lipinski definition) is 2. The molecule has 98 valence electrons. The highest BCUT2D eigenvalue weighted by Crippen LogP contribution is 2.27. The van der Waals surface area contributed by atoms with Crippen LogP contribution in [0.25, 0.3) is 0 Å². The van der Waals surface area contributed by atoms with Gasteiger partial charge in [-0.3, -0.25) is 9.97 Å². The van der Waals surface area contributed by atoms with Gasteiger partial charge in [-0.1, -0.05) is 12.1 Å². The number of rotatable bonds is 4. The maximum atomic E-state index is 4.10. The maximum Gasteiger partial charge on any atom is 0.0623 e. The predicted octanol–water partition coefficient (Wildman–Crippen LogP) is 3.96. The fourth-order valence-corrected chi connectivity index (χ4v) is 1.89. The first kappa shape index (κ1) is 12.2. The normalized spacial score (nSPS) is 10.0. The Hall–Kier alpha value is -2.88. The van der Waals surface area contributed by atoms with Crippen LogP contribution in [0.5, 0.6) is 0 Å². The minimum atomic E-state index is 0.952. The summed E-state index contributed by atoms with van der Waals surface area (Å²) in [6.45, 7) is 0. The summed E-state index contributed by atoms with van der Waals surface area (Å²) in [5.74, 6) is 0. The van der Waals surface area contributed by atoms with Crippen molar-refractivity contribution in [2.45, 2.75) is 0 Å². The van der Waals surface area contributed by atoms with Crippen molar-refractivity contribution in [2.75, 3.05) is 10.6 Å². The standard InChI is InChI=1S/C16H14N4/c1-2-8-16(20-14-6-4-10-18-12-14)15(7-1)19-13-5-3-9-17-11-13/h1-12,19-20H. The van der Waals surface area contributed by atoms with Gasteiger partial charge in [0.2, 0.25) is 0 Å². The molecule has 0 saturated carbocycles. The smallest absolute Gasteiger partial charge is 0.0623 e. The van der Waals surface area contributed by atoms with E-state index in [4.69, 9.17) is 0 Å². The number of aromatic nitrogens is 2. The Morgan fingerprint density at radius 2 is 1.10 bits per heavy atom. The van der Waals surface area contributed by atoms with Crippen molar-refractivity contribution in [1.82, 2.24) is 9.97 Å². The topological polar surface area (TPSA) is 49.8 Å². The molecule has 0 radical (unpaired) electrons. The lowest BCUT2D eigenvalue weighted by atomic mass is 10.2. The largest absolute Gasteiger partial charge is 0.353 e. The highest BCUT2D eigenvalue weighted by molar-refractivity contribution is 5.77. The lowest BCUT2D eigenvalue weighted by Gasteiger charge is -2.13. The van der Waals surface area contributed by atoms with Crippen LogP contribution in [0.3, 0.4) is 0 Å². The Labute approximate surface area is 117 Å². The van der Waals surface area contributed by atoms with Crippen LogP contribution in [0.2, 0.25) is 0 Å². The SMILES string of the molecule is c1cncc(Nc2ccccc2Nc2cccnc2)c1. The fraction of sp³-hybridized carbons (Fsp3) is 0. The molecule has 4 nitrogen and oxygen atoms in total. The maximum absolute atomic E-state index is 4.10. The molecule has 3 aromatic rings. The summed E-state index contributed by atoms with van der Waals surface area (Å²) in [4.78, 5) is 8.20. The third-order valence-corrected chi connectivity index (χ3v) is 2.81. The van der Waals surface area contributed by atoms with Gasteiger partial charge in [0.25, 0.3) is 0 Å². The van der Waals surface area contributed by atoms with Gasteiger partial charge in [-0.2, -0.15) is 0 Å². The Morgan fingerprint density at radius 1 is 0.600 bits per heavy atom. The first-order valence-corrected chi connectivity index (χ1v) is 6.35. The van der Waals surface area contributed by atoms with Gasteiger partial charge in [-0.15, -0.1) is 0 Å². The van der Waals surface area contributed by atoms with Gasteiger partial charge in [-0.05, 0) is 36.4 Å². The summed E-state index contributed by atoms with van der Waals surface area (Å²) in [5.41, 5.74) is 3.88. The zero-order valence-electron chi connectivity index (χ0n) is 10.8. The van der Waals surface area contributed by atoms with Crippen LogP contribution >= 0.6 is 0 Å². The van der Waals surface area contributed by atoms with Crippen LogP contribution in [-0.4, -0.2) is 9.97 Å². The molecular weight excluding hydrogens is 248 g/mol. The molecular formula is C16H14N4. The third-order valence-electron chi connectivity index (χ3n) is 2.81. The number of hydrogen-bond acceptors (Lipinski definition) is 4. The molecule has 20 heavy (non-hydrogen) atoms. The fourth-order valence-electron chi connectivity index (χ4n) is 1.89. The van der Waals surface area contributed by atoms with Crippen molar-refractivity contribution >= 4 is 22.7 Å². The number of benzene rings is 1. The van der Waals surface area contributed by atoms with E-state index in [1.54, 1.807) is 24.8 Å². The molecule has 4 heteroatoms. The number of pyridine rings is 2. The van der Waals surface area contributed by atoms with E-state index in [-0.39, 0.29) is 0 Å². The second kappa shape index (κ2) is 5.84. The van der Waals surface area contributed by atoms with E-state index >= 15 is 0 Å². The monoisotopic (exact) mass is 262 g/mol. The molecule has 2 N–H and O–H groups in total. The van der Waals surface area contributed by atoms with Gasteiger partial charge in [0.15, 0.2) is 0 Å². The first-order chi connectivity index (χ1) is 9.92. The van der Waals surface area contributed by atoms with E-state index < -0.39 is 0 Å². The zero-order valence-corrected chi connectivity index (χ0v) is 10.8. The quantitative estimate of drug-likeness (QED) is 0.747. The van der Waals surface area contributed by atoms with Crippen LogP contribution in [0.15, 0.2) is 73.3 Å². The van der Waals surface area contributed by atoms with E-state index in [1.165, 1.54) is 0 Å². The van der Waals surface area contributed by atoms with E-state index in [0.29, 0.717) is 0 Å². The van der Waals surface area contributed by atoms with Crippen LogP contribution in [0.4, 0.5) is 22.7 Å². The van der Waals surface area contributed by atoms with Crippen LogP contribution in [0.1, 0.15) is 0 Å². The van der Waals surface area contributed by atoms with Gasteiger partial charge < -0.3 is 10.6 Å². The van der Waals surface area contributed by atoms with Gasteiger partial charge >= 0.3 is 0 Å². The molecule has 0 spiro atoms. The van der Waals surface area contributed by atoms with Gasteiger partial charge in [0, 0.05) is 12.4 Å². The van der Waals surface area contributed by atoms with Crippen LogP contribution in [0, 0.1) is 0 Å². The summed E-state index contributed by atoms with van der Waals surface area (Å²) in [7, 11) is 0. The molecule has 3 rings (SSSR count). The van der Waals surface area contributed by atoms with Crippen molar-refractivity contribution in [3.63, 3.8) is 0 Å². The molecule has 0 aliphatic rings. The number of nitrogens with zero attached hydrogens (tertiary/aromatic N) is 2. The molecule has 0 unspecified atom stereocenters.